The Labute approximate surface area is 74.1 Å². The Kier molecular flexibility index (Phi) is 3.09. The first-order valence-electron chi connectivity index (χ1n) is 4.60. The minimum atomic E-state index is 0.220. The molecule has 0 bridgehead atoms. The van der Waals surface area contributed by atoms with Crippen LogP contribution in [0.3, 0.4) is 0 Å². The van der Waals surface area contributed by atoms with Gasteiger partial charge in [0.25, 0.3) is 0 Å². The maximum atomic E-state index is 11.7. The van der Waals surface area contributed by atoms with E-state index < -0.39 is 0 Å². The van der Waals surface area contributed by atoms with Crippen LogP contribution in [0.25, 0.3) is 0 Å². The van der Waals surface area contributed by atoms with Crippen LogP contribution in [0.5, 0.6) is 0 Å². The van der Waals surface area contributed by atoms with Crippen LogP contribution in [-0.2, 0) is 4.79 Å². The van der Waals surface area contributed by atoms with Crippen LogP contribution in [0.4, 0.5) is 0 Å². The molecule has 12 heavy (non-hydrogen) atoms. The summed E-state index contributed by atoms with van der Waals surface area (Å²) in [5.41, 5.74) is 0. The third-order valence-corrected chi connectivity index (χ3v) is 2.53. The first-order valence-corrected chi connectivity index (χ1v) is 4.60. The molecular formula is C9H18N2O. The molecule has 1 atom stereocenters. The summed E-state index contributed by atoms with van der Waals surface area (Å²) < 4.78 is 0. The zero-order valence-electron chi connectivity index (χ0n) is 8.13. The molecular weight excluding hydrogens is 152 g/mol. The van der Waals surface area contributed by atoms with E-state index in [-0.39, 0.29) is 11.8 Å². The zero-order chi connectivity index (χ0) is 9.14. The molecule has 1 N–H and O–H groups in total. The monoisotopic (exact) mass is 170 g/mol. The standard InChI is InChI=1S/C9H18N2O/c1-7(2)11(3)9(12)8-4-5-10-6-8/h7-8,10H,4-6H2,1-3H3. The van der Waals surface area contributed by atoms with Crippen LogP contribution in [0.1, 0.15) is 20.3 Å². The van der Waals surface area contributed by atoms with Gasteiger partial charge in [-0.2, -0.15) is 0 Å². The number of rotatable bonds is 2. The molecule has 0 saturated carbocycles. The molecule has 0 radical (unpaired) electrons. The van der Waals surface area contributed by atoms with Gasteiger partial charge >= 0.3 is 0 Å². The molecule has 1 rings (SSSR count). The number of amides is 1. The first-order chi connectivity index (χ1) is 5.63. The molecule has 0 spiro atoms. The molecule has 0 aromatic carbocycles. The molecule has 1 unspecified atom stereocenters. The molecule has 3 heteroatoms. The molecule has 1 aliphatic heterocycles. The summed E-state index contributed by atoms with van der Waals surface area (Å²) in [5, 5.41) is 3.20. The van der Waals surface area contributed by atoms with Crippen molar-refractivity contribution in [2.75, 3.05) is 20.1 Å². The number of nitrogens with one attached hydrogen (secondary N) is 1. The lowest BCUT2D eigenvalue weighted by Gasteiger charge is -2.24. The number of carbonyl (C=O) groups is 1. The van der Waals surface area contributed by atoms with Gasteiger partial charge in [0.05, 0.1) is 5.92 Å². The van der Waals surface area contributed by atoms with Crippen molar-refractivity contribution >= 4 is 5.91 Å². The van der Waals surface area contributed by atoms with Gasteiger partial charge in [-0.15, -0.1) is 0 Å². The fraction of sp³-hybridized carbons (Fsp3) is 0.889. The molecule has 0 aromatic heterocycles. The van der Waals surface area contributed by atoms with Gasteiger partial charge in [0.15, 0.2) is 0 Å². The van der Waals surface area contributed by atoms with Crippen molar-refractivity contribution in [3.63, 3.8) is 0 Å². The smallest absolute Gasteiger partial charge is 0.226 e. The summed E-state index contributed by atoms with van der Waals surface area (Å²) in [6, 6.07) is 0.318. The van der Waals surface area contributed by atoms with Crippen LogP contribution >= 0.6 is 0 Å². The van der Waals surface area contributed by atoms with Crippen molar-refractivity contribution in [3.05, 3.63) is 0 Å². The topological polar surface area (TPSA) is 32.3 Å². The van der Waals surface area contributed by atoms with Crippen molar-refractivity contribution in [3.8, 4) is 0 Å². The van der Waals surface area contributed by atoms with Crippen molar-refractivity contribution < 1.29 is 4.79 Å². The summed E-state index contributed by atoms with van der Waals surface area (Å²) in [6.45, 7) is 5.93. The lowest BCUT2D eigenvalue weighted by atomic mass is 10.1. The molecule has 1 fully saturated rings. The molecule has 0 aliphatic carbocycles. The van der Waals surface area contributed by atoms with Gasteiger partial charge < -0.3 is 10.2 Å². The van der Waals surface area contributed by atoms with E-state index in [1.165, 1.54) is 0 Å². The molecule has 3 nitrogen and oxygen atoms in total. The van der Waals surface area contributed by atoms with Crippen LogP contribution < -0.4 is 5.32 Å². The maximum absolute atomic E-state index is 11.7. The second-order valence-electron chi connectivity index (χ2n) is 3.73. The Morgan fingerprint density at radius 3 is 2.67 bits per heavy atom. The van der Waals surface area contributed by atoms with E-state index in [0.717, 1.165) is 19.5 Å². The highest BCUT2D eigenvalue weighted by atomic mass is 16.2. The fourth-order valence-corrected chi connectivity index (χ4v) is 1.41. The average Bonchev–Trinajstić information content (AvgIpc) is 2.53. The number of hydrogen-bond acceptors (Lipinski definition) is 2. The third-order valence-electron chi connectivity index (χ3n) is 2.53. The lowest BCUT2D eigenvalue weighted by molar-refractivity contribution is -0.135. The van der Waals surface area contributed by atoms with E-state index in [2.05, 4.69) is 5.32 Å². The van der Waals surface area contributed by atoms with E-state index in [1.54, 1.807) is 0 Å². The predicted octanol–water partition coefficient (Wildman–Crippen LogP) is 0.463. The minimum Gasteiger partial charge on any atom is -0.343 e. The number of nitrogens with zero attached hydrogens (tertiary/aromatic N) is 1. The second kappa shape index (κ2) is 3.90. The molecule has 70 valence electrons. The van der Waals surface area contributed by atoms with Crippen molar-refractivity contribution in [2.45, 2.75) is 26.3 Å². The number of hydrogen-bond donors (Lipinski definition) is 1. The van der Waals surface area contributed by atoms with Gasteiger partial charge in [-0.25, -0.2) is 0 Å². The Morgan fingerprint density at radius 2 is 2.25 bits per heavy atom. The van der Waals surface area contributed by atoms with Gasteiger partial charge in [-0.1, -0.05) is 0 Å². The zero-order valence-corrected chi connectivity index (χ0v) is 8.13. The summed E-state index contributed by atoms with van der Waals surface area (Å²) in [5.74, 6) is 0.507. The highest BCUT2D eigenvalue weighted by Gasteiger charge is 2.25. The lowest BCUT2D eigenvalue weighted by Crippen LogP contribution is -2.38. The van der Waals surface area contributed by atoms with Gasteiger partial charge in [-0.05, 0) is 26.8 Å². The van der Waals surface area contributed by atoms with Crippen molar-refractivity contribution in [1.82, 2.24) is 10.2 Å². The molecule has 1 amide bonds. The van der Waals surface area contributed by atoms with Gasteiger partial charge in [0.2, 0.25) is 5.91 Å². The number of carbonyl (C=O) groups excluding carboxylic acids is 1. The molecule has 0 aromatic rings. The maximum Gasteiger partial charge on any atom is 0.226 e. The summed E-state index contributed by atoms with van der Waals surface area (Å²) >= 11 is 0. The summed E-state index contributed by atoms with van der Waals surface area (Å²) in [7, 11) is 1.88. The molecule has 1 saturated heterocycles. The normalized spacial score (nSPS) is 23.2. The highest BCUT2D eigenvalue weighted by molar-refractivity contribution is 5.79. The SMILES string of the molecule is CC(C)N(C)C(=O)C1CCNC1. The van der Waals surface area contributed by atoms with Gasteiger partial charge in [-0.3, -0.25) is 4.79 Å². The predicted molar refractivity (Wildman–Crippen MR) is 48.9 cm³/mol. The fourth-order valence-electron chi connectivity index (χ4n) is 1.41. The summed E-state index contributed by atoms with van der Waals surface area (Å²) in [4.78, 5) is 13.5. The van der Waals surface area contributed by atoms with Crippen LogP contribution in [0.2, 0.25) is 0 Å². The van der Waals surface area contributed by atoms with Crippen molar-refractivity contribution in [2.24, 2.45) is 5.92 Å². The van der Waals surface area contributed by atoms with Gasteiger partial charge in [0, 0.05) is 19.6 Å². The van der Waals surface area contributed by atoms with E-state index >= 15 is 0 Å². The van der Waals surface area contributed by atoms with Crippen LogP contribution in [0, 0.1) is 5.92 Å². The van der Waals surface area contributed by atoms with Crippen molar-refractivity contribution in [1.29, 1.82) is 0 Å². The van der Waals surface area contributed by atoms with E-state index in [9.17, 15) is 4.79 Å². The quantitative estimate of drug-likeness (QED) is 0.653. The minimum absolute atomic E-state index is 0.220. The Bertz CT molecular complexity index is 158. The van der Waals surface area contributed by atoms with E-state index in [4.69, 9.17) is 0 Å². The van der Waals surface area contributed by atoms with E-state index in [0.29, 0.717) is 6.04 Å². The largest absolute Gasteiger partial charge is 0.343 e. The molecule has 1 aliphatic rings. The van der Waals surface area contributed by atoms with E-state index in [1.807, 2.05) is 25.8 Å². The molecule has 1 heterocycles. The Balaban J connectivity index is 2.45. The second-order valence-corrected chi connectivity index (χ2v) is 3.73. The van der Waals surface area contributed by atoms with Crippen LogP contribution in [0.15, 0.2) is 0 Å². The summed E-state index contributed by atoms with van der Waals surface area (Å²) in [6.07, 6.45) is 0.996. The Hall–Kier alpha value is -0.570. The van der Waals surface area contributed by atoms with Crippen LogP contribution in [-0.4, -0.2) is 37.0 Å². The third kappa shape index (κ3) is 1.97. The Morgan fingerprint density at radius 1 is 1.58 bits per heavy atom. The average molecular weight is 170 g/mol. The highest BCUT2D eigenvalue weighted by Crippen LogP contribution is 2.11. The first kappa shape index (κ1) is 9.52. The van der Waals surface area contributed by atoms with Gasteiger partial charge in [0.1, 0.15) is 0 Å².